The molecule has 19 heavy (non-hydrogen) atoms. The van der Waals surface area contributed by atoms with E-state index >= 15 is 0 Å². The summed E-state index contributed by atoms with van der Waals surface area (Å²) < 4.78 is 17.6. The number of hydrogen-bond donors (Lipinski definition) is 0. The molecule has 2 rings (SSSR count). The maximum absolute atomic E-state index is 12.6. The van der Waals surface area contributed by atoms with Gasteiger partial charge in [-0.2, -0.15) is 0 Å². The molecule has 1 aromatic rings. The Morgan fingerprint density at radius 1 is 1.47 bits per heavy atom. The number of rotatable bonds is 4. The molecule has 104 valence electrons. The van der Waals surface area contributed by atoms with E-state index in [1.165, 1.54) is 6.33 Å². The highest BCUT2D eigenvalue weighted by atomic mass is 19.1. The third kappa shape index (κ3) is 3.39. The summed E-state index contributed by atoms with van der Waals surface area (Å²) in [7, 11) is 0. The van der Waals surface area contributed by atoms with Crippen LogP contribution in [0.4, 0.5) is 10.2 Å². The van der Waals surface area contributed by atoms with E-state index in [2.05, 4.69) is 14.9 Å². The molecule has 0 atom stereocenters. The maximum atomic E-state index is 12.6. The number of anilines is 1. The molecule has 1 aliphatic heterocycles. The lowest BCUT2D eigenvalue weighted by atomic mass is 9.97. The fraction of sp³-hybridized carbons (Fsp3) is 0.615. The molecule has 1 aliphatic rings. The summed E-state index contributed by atoms with van der Waals surface area (Å²) in [6.07, 6.45) is 2.86. The molecule has 1 fully saturated rings. The summed E-state index contributed by atoms with van der Waals surface area (Å²) in [5.41, 5.74) is 0.387. The number of carbonyl (C=O) groups excluding carboxylic acids is 1. The molecule has 0 radical (unpaired) electrons. The lowest BCUT2D eigenvalue weighted by Crippen LogP contribution is -2.37. The number of piperidine rings is 1. The first-order chi connectivity index (χ1) is 9.24. The third-order valence-corrected chi connectivity index (χ3v) is 3.29. The summed E-state index contributed by atoms with van der Waals surface area (Å²) >= 11 is 0. The van der Waals surface area contributed by atoms with Crippen LogP contribution in [0, 0.1) is 5.92 Å². The van der Waals surface area contributed by atoms with Gasteiger partial charge in [-0.05, 0) is 19.8 Å². The minimum absolute atomic E-state index is 0.0290. The highest BCUT2D eigenvalue weighted by Gasteiger charge is 2.26. The average Bonchev–Trinajstić information content (AvgIpc) is 2.48. The van der Waals surface area contributed by atoms with Crippen LogP contribution in [0.2, 0.25) is 0 Å². The molecule has 0 spiro atoms. The Morgan fingerprint density at radius 2 is 2.21 bits per heavy atom. The minimum Gasteiger partial charge on any atom is -0.466 e. The number of nitrogens with zero attached hydrogens (tertiary/aromatic N) is 3. The fourth-order valence-corrected chi connectivity index (χ4v) is 2.24. The molecule has 0 aliphatic carbocycles. The summed E-state index contributed by atoms with van der Waals surface area (Å²) in [5, 5.41) is 0. The molecule has 0 N–H and O–H groups in total. The predicted molar refractivity (Wildman–Crippen MR) is 68.4 cm³/mol. The van der Waals surface area contributed by atoms with Crippen LogP contribution in [0.1, 0.15) is 25.5 Å². The van der Waals surface area contributed by atoms with Crippen LogP contribution in [0.5, 0.6) is 0 Å². The summed E-state index contributed by atoms with van der Waals surface area (Å²) in [6.45, 7) is 3.10. The Labute approximate surface area is 111 Å². The molecule has 0 amide bonds. The van der Waals surface area contributed by atoms with Gasteiger partial charge in [0.25, 0.3) is 0 Å². The van der Waals surface area contributed by atoms with E-state index in [0.717, 1.165) is 31.7 Å². The van der Waals surface area contributed by atoms with Gasteiger partial charge in [-0.15, -0.1) is 0 Å². The van der Waals surface area contributed by atoms with Crippen molar-refractivity contribution in [1.29, 1.82) is 0 Å². The van der Waals surface area contributed by atoms with Crippen molar-refractivity contribution >= 4 is 11.8 Å². The van der Waals surface area contributed by atoms with E-state index in [0.29, 0.717) is 12.3 Å². The van der Waals surface area contributed by atoms with E-state index < -0.39 is 6.67 Å². The normalized spacial score (nSPS) is 16.4. The number of aromatic nitrogens is 2. The van der Waals surface area contributed by atoms with Crippen molar-refractivity contribution in [2.75, 3.05) is 24.6 Å². The van der Waals surface area contributed by atoms with Gasteiger partial charge in [0.2, 0.25) is 0 Å². The van der Waals surface area contributed by atoms with Crippen LogP contribution >= 0.6 is 0 Å². The number of halogens is 1. The van der Waals surface area contributed by atoms with Crippen molar-refractivity contribution < 1.29 is 13.9 Å². The standard InChI is InChI=1S/C13H18FN3O2/c1-2-19-13(18)10-3-5-17(6-4-10)12-7-11(8-14)15-9-16-12/h7,9-10H,2-6,8H2,1H3. The van der Waals surface area contributed by atoms with Gasteiger partial charge < -0.3 is 9.64 Å². The van der Waals surface area contributed by atoms with Gasteiger partial charge >= 0.3 is 5.97 Å². The van der Waals surface area contributed by atoms with Gasteiger partial charge in [-0.25, -0.2) is 14.4 Å². The largest absolute Gasteiger partial charge is 0.466 e. The quantitative estimate of drug-likeness (QED) is 0.778. The molecule has 6 heteroatoms. The molecule has 1 saturated heterocycles. The second-order valence-corrected chi connectivity index (χ2v) is 4.51. The summed E-state index contributed by atoms with van der Waals surface area (Å²) in [4.78, 5) is 21.7. The van der Waals surface area contributed by atoms with E-state index in [1.807, 2.05) is 6.92 Å². The second kappa shape index (κ2) is 6.45. The zero-order valence-corrected chi connectivity index (χ0v) is 11.0. The smallest absolute Gasteiger partial charge is 0.309 e. The lowest BCUT2D eigenvalue weighted by molar-refractivity contribution is -0.148. The number of ether oxygens (including phenoxy) is 1. The Bertz CT molecular complexity index is 434. The van der Waals surface area contributed by atoms with Gasteiger partial charge in [0.15, 0.2) is 0 Å². The lowest BCUT2D eigenvalue weighted by Gasteiger charge is -2.31. The molecule has 0 bridgehead atoms. The average molecular weight is 267 g/mol. The molecule has 0 aromatic carbocycles. The highest BCUT2D eigenvalue weighted by Crippen LogP contribution is 2.23. The van der Waals surface area contributed by atoms with Crippen LogP contribution in [-0.4, -0.2) is 35.6 Å². The monoisotopic (exact) mass is 267 g/mol. The van der Waals surface area contributed by atoms with E-state index in [1.54, 1.807) is 6.07 Å². The van der Waals surface area contributed by atoms with Gasteiger partial charge in [0.1, 0.15) is 18.8 Å². The van der Waals surface area contributed by atoms with Crippen molar-refractivity contribution in [3.8, 4) is 0 Å². The van der Waals surface area contributed by atoms with Crippen molar-refractivity contribution in [3.05, 3.63) is 18.1 Å². The molecular formula is C13H18FN3O2. The molecule has 0 saturated carbocycles. The SMILES string of the molecule is CCOC(=O)C1CCN(c2cc(CF)ncn2)CC1. The first kappa shape index (κ1) is 13.7. The van der Waals surface area contributed by atoms with Crippen LogP contribution in [0.25, 0.3) is 0 Å². The fourth-order valence-electron chi connectivity index (χ4n) is 2.24. The highest BCUT2D eigenvalue weighted by molar-refractivity contribution is 5.72. The Kier molecular flexibility index (Phi) is 4.65. The van der Waals surface area contributed by atoms with Gasteiger partial charge in [0, 0.05) is 19.2 Å². The van der Waals surface area contributed by atoms with Crippen molar-refractivity contribution in [2.45, 2.75) is 26.4 Å². The molecular weight excluding hydrogens is 249 g/mol. The molecule has 0 unspecified atom stereocenters. The van der Waals surface area contributed by atoms with E-state index in [-0.39, 0.29) is 11.9 Å². The Hall–Kier alpha value is -1.72. The van der Waals surface area contributed by atoms with Gasteiger partial charge in [-0.3, -0.25) is 4.79 Å². The topological polar surface area (TPSA) is 55.3 Å². The number of hydrogen-bond acceptors (Lipinski definition) is 5. The van der Waals surface area contributed by atoms with Crippen LogP contribution in [0.15, 0.2) is 12.4 Å². The number of carbonyl (C=O) groups is 1. The van der Waals surface area contributed by atoms with E-state index in [4.69, 9.17) is 4.74 Å². The first-order valence-electron chi connectivity index (χ1n) is 6.53. The molecule has 2 heterocycles. The summed E-state index contributed by atoms with van der Waals surface area (Å²) in [5.74, 6) is 0.581. The summed E-state index contributed by atoms with van der Waals surface area (Å²) in [6, 6.07) is 1.66. The Balaban J connectivity index is 1.94. The molecule has 5 nitrogen and oxygen atoms in total. The van der Waals surface area contributed by atoms with Crippen LogP contribution < -0.4 is 4.90 Å². The zero-order valence-electron chi connectivity index (χ0n) is 11.0. The second-order valence-electron chi connectivity index (χ2n) is 4.51. The van der Waals surface area contributed by atoms with Crippen molar-refractivity contribution in [2.24, 2.45) is 5.92 Å². The van der Waals surface area contributed by atoms with Crippen LogP contribution in [0.3, 0.4) is 0 Å². The third-order valence-electron chi connectivity index (χ3n) is 3.29. The van der Waals surface area contributed by atoms with E-state index in [9.17, 15) is 9.18 Å². The van der Waals surface area contributed by atoms with Gasteiger partial charge in [-0.1, -0.05) is 0 Å². The predicted octanol–water partition coefficient (Wildman–Crippen LogP) is 1.73. The van der Waals surface area contributed by atoms with Gasteiger partial charge in [0.05, 0.1) is 18.2 Å². The van der Waals surface area contributed by atoms with Crippen LogP contribution in [-0.2, 0) is 16.2 Å². The Morgan fingerprint density at radius 3 is 2.84 bits per heavy atom. The number of esters is 1. The first-order valence-corrected chi connectivity index (χ1v) is 6.53. The minimum atomic E-state index is -0.588. The van der Waals surface area contributed by atoms with Crippen molar-refractivity contribution in [3.63, 3.8) is 0 Å². The number of alkyl halides is 1. The van der Waals surface area contributed by atoms with Crippen molar-refractivity contribution in [1.82, 2.24) is 9.97 Å². The maximum Gasteiger partial charge on any atom is 0.309 e. The molecule has 1 aromatic heterocycles. The zero-order chi connectivity index (χ0) is 13.7.